The number of nitrogens with two attached hydrogens (primary N) is 1. The molecule has 0 radical (unpaired) electrons. The highest BCUT2D eigenvalue weighted by molar-refractivity contribution is 7.47. The number of carbonyl (C=O) groups is 1. The van der Waals surface area contributed by atoms with Crippen LogP contribution in [0, 0.1) is 0 Å². The minimum atomic E-state index is -4.27. The number of esters is 1. The van der Waals surface area contributed by atoms with E-state index in [-0.39, 0.29) is 32.3 Å². The molecule has 0 bridgehead atoms. The molecule has 0 saturated heterocycles. The highest BCUT2D eigenvalue weighted by Gasteiger charge is 2.25. The van der Waals surface area contributed by atoms with Gasteiger partial charge >= 0.3 is 13.8 Å². The van der Waals surface area contributed by atoms with Gasteiger partial charge in [-0.2, -0.15) is 0 Å². The molecule has 0 saturated carbocycles. The number of rotatable bonds is 50. The molecular formula is C49H100NO7P. The molecular weight excluding hydrogens is 746 g/mol. The molecule has 0 aliphatic carbocycles. The maximum absolute atomic E-state index is 12.6. The zero-order chi connectivity index (χ0) is 42.3. The van der Waals surface area contributed by atoms with Gasteiger partial charge in [0.05, 0.1) is 19.8 Å². The van der Waals surface area contributed by atoms with Crippen molar-refractivity contribution in [1.29, 1.82) is 0 Å². The minimum absolute atomic E-state index is 0.0897. The molecule has 0 spiro atoms. The molecule has 3 N–H and O–H groups in total. The third kappa shape index (κ3) is 46.6. The van der Waals surface area contributed by atoms with Gasteiger partial charge in [-0.15, -0.1) is 0 Å². The van der Waals surface area contributed by atoms with E-state index in [1.54, 1.807) is 0 Å². The largest absolute Gasteiger partial charge is 0.472 e. The van der Waals surface area contributed by atoms with Crippen LogP contribution in [-0.4, -0.2) is 49.9 Å². The Balaban J connectivity index is 3.88. The van der Waals surface area contributed by atoms with Gasteiger partial charge in [0, 0.05) is 19.6 Å². The van der Waals surface area contributed by atoms with Crippen LogP contribution in [0.25, 0.3) is 0 Å². The third-order valence-electron chi connectivity index (χ3n) is 11.5. The predicted molar refractivity (Wildman–Crippen MR) is 248 cm³/mol. The molecule has 0 aromatic heterocycles. The van der Waals surface area contributed by atoms with Crippen molar-refractivity contribution in [2.45, 2.75) is 277 Å². The van der Waals surface area contributed by atoms with Crippen LogP contribution in [0.4, 0.5) is 0 Å². The summed E-state index contributed by atoms with van der Waals surface area (Å²) in [5, 5.41) is 0. The fourth-order valence-electron chi connectivity index (χ4n) is 7.77. The Morgan fingerprint density at radius 1 is 0.448 bits per heavy atom. The summed E-state index contributed by atoms with van der Waals surface area (Å²) in [7, 11) is -4.27. The van der Waals surface area contributed by atoms with Crippen molar-refractivity contribution in [2.24, 2.45) is 5.73 Å². The molecule has 0 rings (SSSR count). The average Bonchev–Trinajstić information content (AvgIpc) is 3.21. The fraction of sp³-hybridized carbons (Fsp3) is 0.980. The summed E-state index contributed by atoms with van der Waals surface area (Å²) in [4.78, 5) is 22.6. The van der Waals surface area contributed by atoms with Crippen LogP contribution < -0.4 is 5.73 Å². The Morgan fingerprint density at radius 2 is 0.759 bits per heavy atom. The molecule has 9 heteroatoms. The summed E-state index contributed by atoms with van der Waals surface area (Å²) in [5.74, 6) is -0.321. The van der Waals surface area contributed by atoms with Crippen molar-refractivity contribution >= 4 is 13.8 Å². The van der Waals surface area contributed by atoms with Crippen molar-refractivity contribution in [2.75, 3.05) is 33.0 Å². The van der Waals surface area contributed by atoms with Gasteiger partial charge in [-0.1, -0.05) is 251 Å². The first-order chi connectivity index (χ1) is 28.4. The Kier molecular flexibility index (Phi) is 47.1. The van der Waals surface area contributed by atoms with Crippen LogP contribution in [0.15, 0.2) is 0 Å². The summed E-state index contributed by atoms with van der Waals surface area (Å²) in [6.07, 6.45) is 51.3. The number of carbonyl (C=O) groups excluding carboxylic acids is 1. The summed E-state index contributed by atoms with van der Waals surface area (Å²) < 4.78 is 33.6. The monoisotopic (exact) mass is 846 g/mol. The first-order valence-corrected chi connectivity index (χ1v) is 27.0. The average molecular weight is 846 g/mol. The van der Waals surface area contributed by atoms with Gasteiger partial charge in [0.15, 0.2) is 0 Å². The second-order valence-electron chi connectivity index (χ2n) is 17.4. The van der Waals surface area contributed by atoms with E-state index in [2.05, 4.69) is 13.8 Å². The minimum Gasteiger partial charge on any atom is -0.457 e. The first kappa shape index (κ1) is 57.5. The third-order valence-corrected chi connectivity index (χ3v) is 12.5. The molecule has 0 aliphatic heterocycles. The molecule has 348 valence electrons. The molecule has 0 amide bonds. The lowest BCUT2D eigenvalue weighted by Crippen LogP contribution is -2.28. The van der Waals surface area contributed by atoms with E-state index in [1.807, 2.05) is 0 Å². The molecule has 0 fully saturated rings. The molecule has 2 atom stereocenters. The molecule has 2 unspecified atom stereocenters. The zero-order valence-corrected chi connectivity index (χ0v) is 39.7. The lowest BCUT2D eigenvalue weighted by atomic mass is 10.0. The van der Waals surface area contributed by atoms with Crippen molar-refractivity contribution in [1.82, 2.24) is 0 Å². The number of hydrogen-bond acceptors (Lipinski definition) is 7. The maximum Gasteiger partial charge on any atom is 0.472 e. The van der Waals surface area contributed by atoms with Crippen molar-refractivity contribution in [3.8, 4) is 0 Å². The standard InChI is InChI=1S/C49H100NO7P/c1-3-5-7-9-11-13-15-17-19-21-23-24-26-28-30-32-34-36-38-40-42-49(51)57-48(47-56-58(52,53)55-45-43-50)46-54-44-41-39-37-35-33-31-29-27-25-22-20-18-16-14-12-10-8-6-4-2/h48H,3-47,50H2,1-2H3,(H,52,53). The van der Waals surface area contributed by atoms with E-state index in [0.717, 1.165) is 32.1 Å². The molecule has 58 heavy (non-hydrogen) atoms. The van der Waals surface area contributed by atoms with Crippen LogP contribution in [-0.2, 0) is 27.9 Å². The lowest BCUT2D eigenvalue weighted by Gasteiger charge is -2.20. The highest BCUT2D eigenvalue weighted by Crippen LogP contribution is 2.43. The van der Waals surface area contributed by atoms with Gasteiger partial charge in [0.2, 0.25) is 0 Å². The second kappa shape index (κ2) is 47.5. The lowest BCUT2D eigenvalue weighted by molar-refractivity contribution is -0.154. The van der Waals surface area contributed by atoms with Gasteiger partial charge in [0.1, 0.15) is 6.10 Å². The van der Waals surface area contributed by atoms with Gasteiger partial charge in [-0.25, -0.2) is 4.57 Å². The maximum atomic E-state index is 12.6. The Morgan fingerprint density at radius 3 is 1.09 bits per heavy atom. The number of phosphoric acid groups is 1. The summed E-state index contributed by atoms with van der Waals surface area (Å²) in [6.45, 7) is 5.01. The first-order valence-electron chi connectivity index (χ1n) is 25.5. The zero-order valence-electron chi connectivity index (χ0n) is 38.8. The molecule has 0 aromatic rings. The predicted octanol–water partition coefficient (Wildman–Crippen LogP) is 15.7. The van der Waals surface area contributed by atoms with E-state index in [0.29, 0.717) is 13.0 Å². The number of ether oxygens (including phenoxy) is 2. The number of unbranched alkanes of at least 4 members (excludes halogenated alkanes) is 37. The van der Waals surface area contributed by atoms with Gasteiger partial charge in [-0.05, 0) is 12.8 Å². The van der Waals surface area contributed by atoms with Crippen LogP contribution in [0.2, 0.25) is 0 Å². The van der Waals surface area contributed by atoms with Crippen molar-refractivity contribution in [3.05, 3.63) is 0 Å². The van der Waals surface area contributed by atoms with Gasteiger partial charge < -0.3 is 20.1 Å². The molecule has 0 aromatic carbocycles. The fourth-order valence-corrected chi connectivity index (χ4v) is 8.53. The molecule has 8 nitrogen and oxygen atoms in total. The van der Waals surface area contributed by atoms with Crippen LogP contribution in [0.1, 0.15) is 271 Å². The Labute approximate surface area is 361 Å². The van der Waals surface area contributed by atoms with Crippen LogP contribution >= 0.6 is 7.82 Å². The van der Waals surface area contributed by atoms with E-state index >= 15 is 0 Å². The summed E-state index contributed by atoms with van der Waals surface area (Å²) in [5.41, 5.74) is 5.39. The van der Waals surface area contributed by atoms with Crippen molar-refractivity contribution in [3.63, 3.8) is 0 Å². The number of phosphoric ester groups is 1. The van der Waals surface area contributed by atoms with Crippen LogP contribution in [0.3, 0.4) is 0 Å². The SMILES string of the molecule is CCCCCCCCCCCCCCCCCCCCCCC(=O)OC(COCCCCCCCCCCCCCCCCCCCCC)COP(=O)(O)OCCN. The van der Waals surface area contributed by atoms with Gasteiger partial charge in [0.25, 0.3) is 0 Å². The van der Waals surface area contributed by atoms with E-state index in [9.17, 15) is 14.3 Å². The molecule has 0 aliphatic rings. The van der Waals surface area contributed by atoms with Crippen molar-refractivity contribution < 1.29 is 32.8 Å². The Hall–Kier alpha value is -0.500. The summed E-state index contributed by atoms with van der Waals surface area (Å²) in [6, 6.07) is 0. The van der Waals surface area contributed by atoms with E-state index < -0.39 is 13.9 Å². The summed E-state index contributed by atoms with van der Waals surface area (Å²) >= 11 is 0. The second-order valence-corrected chi connectivity index (χ2v) is 18.9. The normalized spacial score (nSPS) is 13.2. The van der Waals surface area contributed by atoms with E-state index in [1.165, 1.54) is 218 Å². The highest BCUT2D eigenvalue weighted by atomic mass is 31.2. The number of hydrogen-bond donors (Lipinski definition) is 2. The van der Waals surface area contributed by atoms with Gasteiger partial charge in [-0.3, -0.25) is 13.8 Å². The Bertz CT molecular complexity index is 863. The quantitative estimate of drug-likeness (QED) is 0.0353. The topological polar surface area (TPSA) is 117 Å². The molecule has 0 heterocycles. The van der Waals surface area contributed by atoms with Crippen LogP contribution in [0.5, 0.6) is 0 Å². The van der Waals surface area contributed by atoms with E-state index in [4.69, 9.17) is 24.3 Å². The smallest absolute Gasteiger partial charge is 0.457 e.